The second-order valence-corrected chi connectivity index (χ2v) is 7.73. The minimum absolute atomic E-state index is 0.139. The minimum atomic E-state index is -0.630. The van der Waals surface area contributed by atoms with Gasteiger partial charge in [0.25, 0.3) is 11.6 Å². The van der Waals surface area contributed by atoms with Crippen LogP contribution >= 0.6 is 0 Å². The zero-order valence-corrected chi connectivity index (χ0v) is 16.7. The van der Waals surface area contributed by atoms with Gasteiger partial charge in [-0.3, -0.25) is 10.1 Å². The number of fused-ring (bicyclic) bond motifs is 1. The first-order valence-corrected chi connectivity index (χ1v) is 10.2. The zero-order chi connectivity index (χ0) is 20.9. The molecule has 1 fully saturated rings. The summed E-state index contributed by atoms with van der Waals surface area (Å²) in [6, 6.07) is 16.3. The second kappa shape index (κ2) is 9.09. The van der Waals surface area contributed by atoms with E-state index in [2.05, 4.69) is 29.2 Å². The van der Waals surface area contributed by atoms with Crippen LogP contribution in [0.1, 0.15) is 18.4 Å². The van der Waals surface area contributed by atoms with Crippen LogP contribution in [0.25, 0.3) is 10.8 Å². The highest BCUT2D eigenvalue weighted by molar-refractivity contribution is 5.83. The molecular formula is C23H24N2O5. The van der Waals surface area contributed by atoms with Gasteiger partial charge in [-0.1, -0.05) is 30.3 Å². The maximum Gasteiger partial charge on any atom is 0.346 e. The summed E-state index contributed by atoms with van der Waals surface area (Å²) in [7, 11) is 0. The summed E-state index contributed by atoms with van der Waals surface area (Å²) >= 11 is 0. The van der Waals surface area contributed by atoms with E-state index in [0.717, 1.165) is 32.5 Å². The van der Waals surface area contributed by atoms with E-state index in [-0.39, 0.29) is 17.0 Å². The summed E-state index contributed by atoms with van der Waals surface area (Å²) in [6.45, 7) is 3.58. The van der Waals surface area contributed by atoms with E-state index in [1.807, 2.05) is 6.07 Å². The van der Waals surface area contributed by atoms with Gasteiger partial charge in [0.2, 0.25) is 0 Å². The summed E-state index contributed by atoms with van der Waals surface area (Å²) in [4.78, 5) is 24.9. The van der Waals surface area contributed by atoms with E-state index in [1.165, 1.54) is 30.2 Å². The Bertz CT molecular complexity index is 1080. The lowest BCUT2D eigenvalue weighted by atomic mass is 9.99. The van der Waals surface area contributed by atoms with Gasteiger partial charge in [-0.05, 0) is 48.7 Å². The van der Waals surface area contributed by atoms with Crippen LogP contribution < -0.4 is 10.4 Å². The van der Waals surface area contributed by atoms with Gasteiger partial charge in [-0.25, -0.2) is 4.79 Å². The lowest BCUT2D eigenvalue weighted by Gasteiger charge is -2.16. The van der Waals surface area contributed by atoms with Crippen LogP contribution in [0.5, 0.6) is 5.95 Å². The normalized spacial score (nSPS) is 16.7. The molecule has 1 aliphatic heterocycles. The average Bonchev–Trinajstić information content (AvgIpc) is 3.19. The highest BCUT2D eigenvalue weighted by atomic mass is 16.6. The molecule has 30 heavy (non-hydrogen) atoms. The van der Waals surface area contributed by atoms with Crippen LogP contribution in [0.3, 0.4) is 0 Å². The molecular weight excluding hydrogens is 384 g/mol. The third kappa shape index (κ3) is 4.86. The molecule has 2 aromatic carbocycles. The Morgan fingerprint density at radius 2 is 2.00 bits per heavy atom. The number of non-ortho nitro benzene ring substituents is 1. The van der Waals surface area contributed by atoms with Crippen molar-refractivity contribution in [3.05, 3.63) is 80.7 Å². The Hall–Kier alpha value is -3.19. The molecule has 4 rings (SSSR count). The molecule has 0 bridgehead atoms. The van der Waals surface area contributed by atoms with Crippen molar-refractivity contribution in [1.82, 2.24) is 4.90 Å². The molecule has 7 heteroatoms. The standard InChI is InChI=1S/C23H24N2O5/c26-23-21-15-20(25(27)28)8-7-19(21)14-22(30-23)29-12-4-10-24-11-9-18(16-24)13-17-5-2-1-3-6-17/h1-3,5-8,14-15,18H,4,9-13,16H2. The minimum Gasteiger partial charge on any atom is -0.465 e. The fraction of sp³-hybridized carbons (Fsp3) is 0.348. The first kappa shape index (κ1) is 20.1. The van der Waals surface area contributed by atoms with Gasteiger partial charge in [-0.15, -0.1) is 0 Å². The zero-order valence-electron chi connectivity index (χ0n) is 16.7. The number of ether oxygens (including phenoxy) is 1. The van der Waals surface area contributed by atoms with Crippen LogP contribution in [0.4, 0.5) is 5.69 Å². The van der Waals surface area contributed by atoms with Gasteiger partial charge < -0.3 is 14.1 Å². The van der Waals surface area contributed by atoms with E-state index in [1.54, 1.807) is 6.07 Å². The Morgan fingerprint density at radius 3 is 2.80 bits per heavy atom. The fourth-order valence-corrected chi connectivity index (χ4v) is 4.03. The Balaban J connectivity index is 1.26. The Labute approximate surface area is 174 Å². The van der Waals surface area contributed by atoms with Gasteiger partial charge >= 0.3 is 5.63 Å². The largest absolute Gasteiger partial charge is 0.465 e. The van der Waals surface area contributed by atoms with Crippen molar-refractivity contribution < 1.29 is 14.1 Å². The van der Waals surface area contributed by atoms with Crippen molar-refractivity contribution in [1.29, 1.82) is 0 Å². The molecule has 1 unspecified atom stereocenters. The lowest BCUT2D eigenvalue weighted by molar-refractivity contribution is -0.384. The quantitative estimate of drug-likeness (QED) is 0.318. The van der Waals surface area contributed by atoms with Gasteiger partial charge in [0.15, 0.2) is 0 Å². The van der Waals surface area contributed by atoms with E-state index < -0.39 is 10.5 Å². The van der Waals surface area contributed by atoms with Crippen molar-refractivity contribution in [2.24, 2.45) is 5.92 Å². The fourth-order valence-electron chi connectivity index (χ4n) is 4.03. The number of nitro benzene ring substituents is 1. The highest BCUT2D eigenvalue weighted by Crippen LogP contribution is 2.23. The van der Waals surface area contributed by atoms with Crippen molar-refractivity contribution in [3.8, 4) is 5.95 Å². The number of hydrogen-bond acceptors (Lipinski definition) is 6. The van der Waals surface area contributed by atoms with Gasteiger partial charge in [0, 0.05) is 31.3 Å². The molecule has 3 aromatic rings. The van der Waals surface area contributed by atoms with Gasteiger partial charge in [0.1, 0.15) is 0 Å². The molecule has 1 saturated heterocycles. The van der Waals surface area contributed by atoms with Crippen LogP contribution in [-0.4, -0.2) is 36.1 Å². The highest BCUT2D eigenvalue weighted by Gasteiger charge is 2.22. The second-order valence-electron chi connectivity index (χ2n) is 7.73. The molecule has 1 aromatic heterocycles. The molecule has 2 heterocycles. The number of likely N-dealkylation sites (tertiary alicyclic amines) is 1. The topological polar surface area (TPSA) is 85.8 Å². The number of hydrogen-bond donors (Lipinski definition) is 0. The van der Waals surface area contributed by atoms with E-state index in [9.17, 15) is 14.9 Å². The third-order valence-corrected chi connectivity index (χ3v) is 5.53. The first-order chi connectivity index (χ1) is 14.6. The predicted molar refractivity (Wildman–Crippen MR) is 114 cm³/mol. The molecule has 0 spiro atoms. The summed E-state index contributed by atoms with van der Waals surface area (Å²) in [5.41, 5.74) is 0.624. The van der Waals surface area contributed by atoms with Gasteiger partial charge in [0.05, 0.1) is 16.9 Å². The summed E-state index contributed by atoms with van der Waals surface area (Å²) in [6.07, 6.45) is 3.16. The molecule has 156 valence electrons. The number of benzene rings is 2. The molecule has 1 aliphatic rings. The lowest BCUT2D eigenvalue weighted by Crippen LogP contribution is -2.23. The molecule has 0 radical (unpaired) electrons. The molecule has 0 amide bonds. The maximum atomic E-state index is 12.1. The van der Waals surface area contributed by atoms with Crippen molar-refractivity contribution in [3.63, 3.8) is 0 Å². The average molecular weight is 408 g/mol. The number of nitrogens with zero attached hydrogens (tertiary/aromatic N) is 2. The Morgan fingerprint density at radius 1 is 1.17 bits per heavy atom. The van der Waals surface area contributed by atoms with Crippen molar-refractivity contribution in [2.75, 3.05) is 26.2 Å². The third-order valence-electron chi connectivity index (χ3n) is 5.53. The van der Waals surface area contributed by atoms with E-state index >= 15 is 0 Å². The summed E-state index contributed by atoms with van der Waals surface area (Å²) in [5, 5.41) is 11.6. The maximum absolute atomic E-state index is 12.1. The summed E-state index contributed by atoms with van der Waals surface area (Å²) in [5.74, 6) is 0.834. The smallest absolute Gasteiger partial charge is 0.346 e. The van der Waals surface area contributed by atoms with Crippen LogP contribution in [0.15, 0.2) is 63.8 Å². The van der Waals surface area contributed by atoms with Crippen molar-refractivity contribution >= 4 is 16.5 Å². The van der Waals surface area contributed by atoms with E-state index in [0.29, 0.717) is 17.9 Å². The molecule has 0 N–H and O–H groups in total. The number of rotatable bonds is 8. The van der Waals surface area contributed by atoms with Crippen LogP contribution in [0, 0.1) is 16.0 Å². The first-order valence-electron chi connectivity index (χ1n) is 10.2. The molecule has 0 aliphatic carbocycles. The predicted octanol–water partition coefficient (Wildman–Crippen LogP) is 4.03. The molecule has 1 atom stereocenters. The summed E-state index contributed by atoms with van der Waals surface area (Å²) < 4.78 is 10.8. The van der Waals surface area contributed by atoms with Crippen molar-refractivity contribution in [2.45, 2.75) is 19.3 Å². The number of nitro groups is 1. The molecule has 0 saturated carbocycles. The molecule has 7 nitrogen and oxygen atoms in total. The SMILES string of the molecule is O=c1oc(OCCCN2CCC(Cc3ccccc3)C2)cc2ccc([N+](=O)[O-])cc12. The monoisotopic (exact) mass is 408 g/mol. The Kier molecular flexibility index (Phi) is 6.09. The van der Waals surface area contributed by atoms with Gasteiger partial charge in [-0.2, -0.15) is 0 Å². The van der Waals surface area contributed by atoms with Crippen LogP contribution in [0.2, 0.25) is 0 Å². The van der Waals surface area contributed by atoms with Crippen LogP contribution in [-0.2, 0) is 6.42 Å². The van der Waals surface area contributed by atoms with E-state index in [4.69, 9.17) is 9.15 Å².